The van der Waals surface area contributed by atoms with Crippen molar-refractivity contribution in [1.82, 2.24) is 5.32 Å². The van der Waals surface area contributed by atoms with Gasteiger partial charge in [0, 0.05) is 29.5 Å². The van der Waals surface area contributed by atoms with Crippen LogP contribution in [0.4, 0.5) is 0 Å². The molecule has 1 aliphatic rings. The molecule has 1 aliphatic heterocycles. The summed E-state index contributed by atoms with van der Waals surface area (Å²) in [6.07, 6.45) is 0.853. The van der Waals surface area contributed by atoms with E-state index >= 15 is 0 Å². The van der Waals surface area contributed by atoms with Gasteiger partial charge in [-0.2, -0.15) is 0 Å². The summed E-state index contributed by atoms with van der Waals surface area (Å²) in [7, 11) is 0.768. The van der Waals surface area contributed by atoms with Gasteiger partial charge < -0.3 is 9.84 Å². The van der Waals surface area contributed by atoms with Gasteiger partial charge in [-0.1, -0.05) is 26.8 Å². The molecule has 1 aromatic rings. The Balaban J connectivity index is 2.10. The molecule has 124 valence electrons. The fourth-order valence-electron chi connectivity index (χ4n) is 2.59. The Labute approximate surface area is 135 Å². The minimum absolute atomic E-state index is 0.0488. The van der Waals surface area contributed by atoms with Crippen molar-refractivity contribution in [3.05, 3.63) is 29.3 Å². The zero-order chi connectivity index (χ0) is 16.3. The molecule has 2 rings (SSSR count). The molecule has 1 heterocycles. The van der Waals surface area contributed by atoms with E-state index < -0.39 is 10.8 Å². The third kappa shape index (κ3) is 4.54. The summed E-state index contributed by atoms with van der Waals surface area (Å²) in [6.45, 7) is 7.14. The average molecular weight is 325 g/mol. The molecule has 3 unspecified atom stereocenters. The Morgan fingerprint density at radius 1 is 1.36 bits per heavy atom. The van der Waals surface area contributed by atoms with E-state index in [1.54, 1.807) is 7.11 Å². The lowest BCUT2D eigenvalue weighted by atomic mass is 9.86. The summed E-state index contributed by atoms with van der Waals surface area (Å²) in [5, 5.41) is 12.9. The maximum Gasteiger partial charge on any atom is 0.119 e. The van der Waals surface area contributed by atoms with Crippen LogP contribution in [0.3, 0.4) is 0 Å². The Hall–Kier alpha value is -0.910. The largest absolute Gasteiger partial charge is 0.497 e. The number of rotatable bonds is 4. The highest BCUT2D eigenvalue weighted by Crippen LogP contribution is 2.28. The van der Waals surface area contributed by atoms with Crippen molar-refractivity contribution in [2.75, 3.05) is 12.9 Å². The molecule has 0 radical (unpaired) electrons. The molecule has 0 aromatic heterocycles. The van der Waals surface area contributed by atoms with Gasteiger partial charge in [0.25, 0.3) is 0 Å². The van der Waals surface area contributed by atoms with Crippen LogP contribution in [0.15, 0.2) is 18.2 Å². The van der Waals surface area contributed by atoms with Crippen molar-refractivity contribution in [3.8, 4) is 5.75 Å². The van der Waals surface area contributed by atoms with E-state index in [9.17, 15) is 9.32 Å². The summed E-state index contributed by atoms with van der Waals surface area (Å²) in [5.41, 5.74) is 2.38. The maximum absolute atomic E-state index is 12.0. The lowest BCUT2D eigenvalue weighted by molar-refractivity contribution is 0.151. The smallest absolute Gasteiger partial charge is 0.119 e. The van der Waals surface area contributed by atoms with Crippen molar-refractivity contribution in [2.45, 2.75) is 57.1 Å². The number of nitrogens with one attached hydrogen (secondary N) is 1. The number of hydrogen-bond donors (Lipinski definition) is 2. The van der Waals surface area contributed by atoms with Crippen molar-refractivity contribution in [2.24, 2.45) is 0 Å². The third-order valence-corrected chi connectivity index (χ3v) is 5.69. The Morgan fingerprint density at radius 2 is 2.09 bits per heavy atom. The van der Waals surface area contributed by atoms with Crippen LogP contribution in [0.1, 0.15) is 44.7 Å². The van der Waals surface area contributed by atoms with Crippen LogP contribution < -0.4 is 10.1 Å². The molecule has 0 saturated carbocycles. The highest BCUT2D eigenvalue weighted by Gasteiger charge is 2.26. The van der Waals surface area contributed by atoms with Crippen LogP contribution in [0, 0.1) is 0 Å². The van der Waals surface area contributed by atoms with Gasteiger partial charge in [-0.25, -0.2) is 0 Å². The first-order valence-corrected chi connectivity index (χ1v) is 9.15. The van der Waals surface area contributed by atoms with Gasteiger partial charge in [-0.3, -0.25) is 9.53 Å². The SMILES string of the molecule is COc1cc(CNC2CC(O)CCS2=O)cc(C(C)(C)C)c1. The van der Waals surface area contributed by atoms with Gasteiger partial charge in [0.15, 0.2) is 0 Å². The summed E-state index contributed by atoms with van der Waals surface area (Å²) < 4.78 is 17.4. The predicted octanol–water partition coefficient (Wildman–Crippen LogP) is 2.31. The summed E-state index contributed by atoms with van der Waals surface area (Å²) >= 11 is 0. The Morgan fingerprint density at radius 3 is 2.73 bits per heavy atom. The van der Waals surface area contributed by atoms with Crippen molar-refractivity contribution in [1.29, 1.82) is 0 Å². The molecular formula is C17H27NO3S. The highest BCUT2D eigenvalue weighted by molar-refractivity contribution is 7.85. The average Bonchev–Trinajstić information content (AvgIpc) is 2.47. The number of hydrogen-bond acceptors (Lipinski definition) is 4. The minimum atomic E-state index is -0.904. The van der Waals surface area contributed by atoms with Crippen molar-refractivity contribution >= 4 is 10.8 Å². The second-order valence-electron chi connectivity index (χ2n) is 6.95. The van der Waals surface area contributed by atoms with E-state index in [1.165, 1.54) is 5.56 Å². The molecule has 0 amide bonds. The minimum Gasteiger partial charge on any atom is -0.497 e. The molecule has 0 aliphatic carbocycles. The molecule has 1 aromatic carbocycles. The van der Waals surface area contributed by atoms with Crippen LogP contribution in [0.5, 0.6) is 5.75 Å². The van der Waals surface area contributed by atoms with E-state index in [-0.39, 0.29) is 16.9 Å². The second-order valence-corrected chi connectivity index (χ2v) is 8.69. The van der Waals surface area contributed by atoms with Crippen LogP contribution in [0.25, 0.3) is 0 Å². The molecular weight excluding hydrogens is 298 g/mol. The van der Waals surface area contributed by atoms with Crippen LogP contribution in [-0.4, -0.2) is 33.7 Å². The zero-order valence-electron chi connectivity index (χ0n) is 13.9. The topological polar surface area (TPSA) is 58.6 Å². The number of ether oxygens (including phenoxy) is 1. The van der Waals surface area contributed by atoms with Crippen LogP contribution >= 0.6 is 0 Å². The van der Waals surface area contributed by atoms with Gasteiger partial charge in [0.05, 0.1) is 18.6 Å². The standard InChI is InChI=1S/C17H27NO3S/c1-17(2,3)13-7-12(8-15(9-13)21-4)11-18-16-10-14(19)5-6-22(16)20/h7-9,14,16,18-19H,5-6,10-11H2,1-4H3. The zero-order valence-corrected chi connectivity index (χ0v) is 14.7. The van der Waals surface area contributed by atoms with Gasteiger partial charge in [-0.05, 0) is 35.1 Å². The second kappa shape index (κ2) is 7.11. The van der Waals surface area contributed by atoms with E-state index in [4.69, 9.17) is 4.74 Å². The van der Waals surface area contributed by atoms with Crippen molar-refractivity contribution < 1.29 is 14.1 Å². The number of methoxy groups -OCH3 is 1. The Bertz CT molecular complexity index is 539. The van der Waals surface area contributed by atoms with E-state index in [0.717, 1.165) is 11.3 Å². The lowest BCUT2D eigenvalue weighted by Gasteiger charge is -2.27. The fraction of sp³-hybridized carbons (Fsp3) is 0.647. The fourth-order valence-corrected chi connectivity index (χ4v) is 4.08. The van der Waals surface area contributed by atoms with Gasteiger partial charge in [-0.15, -0.1) is 0 Å². The summed E-state index contributed by atoms with van der Waals surface area (Å²) in [6, 6.07) is 6.23. The molecule has 4 nitrogen and oxygen atoms in total. The van der Waals surface area contributed by atoms with Gasteiger partial charge >= 0.3 is 0 Å². The first-order valence-electron chi connectivity index (χ1n) is 7.76. The number of aliphatic hydroxyl groups excluding tert-OH is 1. The predicted molar refractivity (Wildman–Crippen MR) is 90.6 cm³/mol. The van der Waals surface area contributed by atoms with Gasteiger partial charge in [0.2, 0.25) is 0 Å². The maximum atomic E-state index is 12.0. The summed E-state index contributed by atoms with van der Waals surface area (Å²) in [5.74, 6) is 1.42. The number of benzene rings is 1. The first kappa shape index (κ1) is 17.4. The lowest BCUT2D eigenvalue weighted by Crippen LogP contribution is -2.41. The molecule has 1 saturated heterocycles. The molecule has 5 heteroatoms. The summed E-state index contributed by atoms with van der Waals surface area (Å²) in [4.78, 5) is 0. The molecule has 0 bridgehead atoms. The monoisotopic (exact) mass is 325 g/mol. The van der Waals surface area contributed by atoms with E-state index in [2.05, 4.69) is 38.2 Å². The van der Waals surface area contributed by atoms with E-state index in [0.29, 0.717) is 25.1 Å². The molecule has 1 fully saturated rings. The van der Waals surface area contributed by atoms with Crippen LogP contribution in [-0.2, 0) is 22.8 Å². The molecule has 0 spiro atoms. The number of aliphatic hydroxyl groups is 1. The van der Waals surface area contributed by atoms with Crippen LogP contribution in [0.2, 0.25) is 0 Å². The normalized spacial score (nSPS) is 26.0. The highest BCUT2D eigenvalue weighted by atomic mass is 32.2. The van der Waals surface area contributed by atoms with Crippen molar-refractivity contribution in [3.63, 3.8) is 0 Å². The Kier molecular flexibility index (Phi) is 5.64. The first-order chi connectivity index (χ1) is 10.3. The molecule has 3 atom stereocenters. The van der Waals surface area contributed by atoms with E-state index in [1.807, 2.05) is 6.07 Å². The molecule has 2 N–H and O–H groups in total. The quantitative estimate of drug-likeness (QED) is 0.892. The third-order valence-electron chi connectivity index (χ3n) is 4.06. The van der Waals surface area contributed by atoms with Gasteiger partial charge in [0.1, 0.15) is 5.75 Å². The molecule has 22 heavy (non-hydrogen) atoms.